The third kappa shape index (κ3) is 7.43. The molecule has 0 aromatic heterocycles. The van der Waals surface area contributed by atoms with Gasteiger partial charge in [0.2, 0.25) is 0 Å². The van der Waals surface area contributed by atoms with Crippen molar-refractivity contribution >= 4 is 87.8 Å². The molecule has 0 nitrogen and oxygen atoms in total. The lowest BCUT2D eigenvalue weighted by Gasteiger charge is -2.24. The molecule has 0 aliphatic heterocycles. The first-order valence-corrected chi connectivity index (χ1v) is 30.7. The monoisotopic (exact) mass is 1130 g/mol. The predicted molar refractivity (Wildman–Crippen MR) is 369 cm³/mol. The SMILES string of the molecule is CC1(C)c2cc(-c3ccc4c(c3)C(C)(C)c3cc(-c5c6ccccc6c(-c6c7ccccc7c(-c7ccc(Cl)cc7)c7ccccc67)c6ccccc56)ccc3-4)ccc2-c2ccc(-c3c4ccccc4c(-c4ccc(Cl)cc4)c4ccccc34)cc21. The van der Waals surface area contributed by atoms with Crippen LogP contribution >= 0.6 is 23.2 Å². The van der Waals surface area contributed by atoms with Crippen molar-refractivity contribution in [3.05, 3.63) is 299 Å². The topological polar surface area (TPSA) is 0 Å². The molecule has 0 saturated carbocycles. The molecule has 0 spiro atoms. The molecule has 17 rings (SSSR count). The minimum Gasteiger partial charge on any atom is -0.0843 e. The van der Waals surface area contributed by atoms with Crippen molar-refractivity contribution in [2.75, 3.05) is 0 Å². The van der Waals surface area contributed by atoms with Crippen molar-refractivity contribution in [3.63, 3.8) is 0 Å². The maximum atomic E-state index is 6.48. The molecule has 15 aromatic carbocycles. The quantitative estimate of drug-likeness (QED) is 0.146. The van der Waals surface area contributed by atoms with Gasteiger partial charge in [0.05, 0.1) is 0 Å². The van der Waals surface area contributed by atoms with Gasteiger partial charge in [0.15, 0.2) is 0 Å². The summed E-state index contributed by atoms with van der Waals surface area (Å²) in [7, 11) is 0. The molecule has 2 heteroatoms. The largest absolute Gasteiger partial charge is 0.0843 e. The minimum absolute atomic E-state index is 0.231. The van der Waals surface area contributed by atoms with Crippen molar-refractivity contribution in [3.8, 4) is 89.0 Å². The van der Waals surface area contributed by atoms with Gasteiger partial charge in [0, 0.05) is 20.9 Å². The Morgan fingerprint density at radius 1 is 0.198 bits per heavy atom. The number of halogens is 2. The molecule has 2 aliphatic rings. The average molecular weight is 1140 g/mol. The van der Waals surface area contributed by atoms with Crippen molar-refractivity contribution in [1.29, 1.82) is 0 Å². The molecule has 15 aromatic rings. The van der Waals surface area contributed by atoms with E-state index in [0.29, 0.717) is 0 Å². The molecule has 0 fully saturated rings. The summed E-state index contributed by atoms with van der Waals surface area (Å²) in [5.41, 5.74) is 25.0. The van der Waals surface area contributed by atoms with E-state index in [0.717, 1.165) is 15.6 Å². The van der Waals surface area contributed by atoms with E-state index in [1.807, 2.05) is 24.3 Å². The van der Waals surface area contributed by atoms with Gasteiger partial charge >= 0.3 is 0 Å². The molecule has 0 bridgehead atoms. The van der Waals surface area contributed by atoms with Gasteiger partial charge in [-0.3, -0.25) is 0 Å². The first-order valence-electron chi connectivity index (χ1n) is 29.9. The Bertz CT molecular complexity index is 5240. The zero-order valence-corrected chi connectivity index (χ0v) is 49.7. The second-order valence-electron chi connectivity index (χ2n) is 24.8. The maximum Gasteiger partial charge on any atom is 0.0406 e. The molecule has 2 aliphatic carbocycles. The van der Waals surface area contributed by atoms with Crippen LogP contribution < -0.4 is 0 Å². The molecule has 406 valence electrons. The van der Waals surface area contributed by atoms with E-state index in [4.69, 9.17) is 23.2 Å². The van der Waals surface area contributed by atoms with E-state index in [-0.39, 0.29) is 10.8 Å². The molecule has 0 amide bonds. The van der Waals surface area contributed by atoms with Crippen LogP contribution in [-0.4, -0.2) is 0 Å². The Morgan fingerprint density at radius 2 is 0.384 bits per heavy atom. The number of benzene rings is 15. The van der Waals surface area contributed by atoms with Crippen molar-refractivity contribution in [2.24, 2.45) is 0 Å². The minimum atomic E-state index is -0.254. The van der Waals surface area contributed by atoms with Gasteiger partial charge in [0.25, 0.3) is 0 Å². The van der Waals surface area contributed by atoms with Crippen LogP contribution in [0, 0.1) is 0 Å². The standard InChI is InChI=1S/C84H56Cl2/c1-83(2)73-45-51(33-41-57(73)59-43-35-53(47-75(59)83)79-63-19-7-5-17-61(63)77(49-29-37-55(85)38-30-49)62-18-6-8-20-64(62)79)52-34-42-58-60-44-36-54(48-76(60)84(3,4)74(58)46-52)80-67-23-11-15-27-71(67)82(72-28-16-12-24-68(72)80)81-69-25-13-9-21-65(69)78(50-31-39-56(86)40-32-50)66-22-10-14-26-70(66)81/h5-48H,1-4H3. The molecule has 0 atom stereocenters. The fraction of sp³-hybridized carbons (Fsp3) is 0.0714. The maximum absolute atomic E-state index is 6.48. The van der Waals surface area contributed by atoms with Crippen LogP contribution in [0.2, 0.25) is 10.0 Å². The van der Waals surface area contributed by atoms with Gasteiger partial charge < -0.3 is 0 Å². The highest BCUT2D eigenvalue weighted by atomic mass is 35.5. The summed E-state index contributed by atoms with van der Waals surface area (Å²) >= 11 is 12.9. The molecule has 0 N–H and O–H groups in total. The zero-order chi connectivity index (χ0) is 57.7. The van der Waals surface area contributed by atoms with E-state index < -0.39 is 0 Å². The number of hydrogen-bond donors (Lipinski definition) is 0. The van der Waals surface area contributed by atoms with Crippen molar-refractivity contribution in [1.82, 2.24) is 0 Å². The molecular weight excluding hydrogens is 1080 g/mol. The van der Waals surface area contributed by atoms with Gasteiger partial charge in [0.1, 0.15) is 0 Å². The van der Waals surface area contributed by atoms with Crippen LogP contribution in [0.4, 0.5) is 0 Å². The van der Waals surface area contributed by atoms with Crippen LogP contribution in [0.1, 0.15) is 49.9 Å². The van der Waals surface area contributed by atoms with Gasteiger partial charge in [-0.1, -0.05) is 269 Å². The zero-order valence-electron chi connectivity index (χ0n) is 48.2. The summed E-state index contributed by atoms with van der Waals surface area (Å²) in [6.45, 7) is 9.67. The van der Waals surface area contributed by atoms with Crippen LogP contribution in [-0.2, 0) is 10.8 Å². The fourth-order valence-electron chi connectivity index (χ4n) is 15.5. The lowest BCUT2D eigenvalue weighted by molar-refractivity contribution is 0.660. The third-order valence-electron chi connectivity index (χ3n) is 19.6. The average Bonchev–Trinajstić information content (AvgIpc) is 1.05. The predicted octanol–water partition coefficient (Wildman–Crippen LogP) is 24.5. The second kappa shape index (κ2) is 19.0. The van der Waals surface area contributed by atoms with Crippen molar-refractivity contribution in [2.45, 2.75) is 38.5 Å². The Hall–Kier alpha value is -9.56. The Labute approximate surface area is 511 Å². The molecule has 0 saturated heterocycles. The first-order chi connectivity index (χ1) is 42.0. The summed E-state index contributed by atoms with van der Waals surface area (Å²) in [5.74, 6) is 0. The van der Waals surface area contributed by atoms with E-state index in [9.17, 15) is 0 Å². The van der Waals surface area contributed by atoms with Gasteiger partial charge in [-0.05, 0) is 224 Å². The van der Waals surface area contributed by atoms with Gasteiger partial charge in [-0.2, -0.15) is 0 Å². The summed E-state index contributed by atoms with van der Waals surface area (Å²) in [5, 5.41) is 16.3. The Kier molecular flexibility index (Phi) is 11.2. The number of fused-ring (bicyclic) bond motifs is 12. The fourth-order valence-corrected chi connectivity index (χ4v) is 15.8. The normalized spacial score (nSPS) is 13.7. The molecule has 0 unspecified atom stereocenters. The van der Waals surface area contributed by atoms with Crippen LogP contribution in [0.3, 0.4) is 0 Å². The van der Waals surface area contributed by atoms with E-state index in [1.165, 1.54) is 170 Å². The molecule has 0 heterocycles. The second-order valence-corrected chi connectivity index (χ2v) is 25.7. The summed E-state index contributed by atoms with van der Waals surface area (Å²) in [6.07, 6.45) is 0. The highest BCUT2D eigenvalue weighted by molar-refractivity contribution is 6.32. The number of rotatable bonds is 6. The smallest absolute Gasteiger partial charge is 0.0406 e. The number of hydrogen-bond acceptors (Lipinski definition) is 0. The van der Waals surface area contributed by atoms with Gasteiger partial charge in [-0.25, -0.2) is 0 Å². The van der Waals surface area contributed by atoms with Crippen LogP contribution in [0.25, 0.3) is 154 Å². The van der Waals surface area contributed by atoms with E-state index in [1.54, 1.807) is 0 Å². The third-order valence-corrected chi connectivity index (χ3v) is 20.1. The summed E-state index contributed by atoms with van der Waals surface area (Å²) < 4.78 is 0. The summed E-state index contributed by atoms with van der Waals surface area (Å²) in [6, 6.07) is 99.5. The van der Waals surface area contributed by atoms with Gasteiger partial charge in [-0.15, -0.1) is 0 Å². The van der Waals surface area contributed by atoms with E-state index >= 15 is 0 Å². The summed E-state index contributed by atoms with van der Waals surface area (Å²) in [4.78, 5) is 0. The lowest BCUT2D eigenvalue weighted by Crippen LogP contribution is -2.15. The highest BCUT2D eigenvalue weighted by Gasteiger charge is 2.39. The molecular formula is C84H56Cl2. The van der Waals surface area contributed by atoms with Crippen LogP contribution in [0.15, 0.2) is 267 Å². The molecule has 0 radical (unpaired) electrons. The first kappa shape index (κ1) is 50.9. The highest BCUT2D eigenvalue weighted by Crippen LogP contribution is 2.56. The van der Waals surface area contributed by atoms with E-state index in [2.05, 4.69) is 270 Å². The Balaban J connectivity index is 0.750. The lowest BCUT2D eigenvalue weighted by atomic mass is 9.78. The molecule has 86 heavy (non-hydrogen) atoms. The van der Waals surface area contributed by atoms with Crippen LogP contribution in [0.5, 0.6) is 0 Å². The van der Waals surface area contributed by atoms with Crippen molar-refractivity contribution < 1.29 is 0 Å². The Morgan fingerprint density at radius 3 is 0.628 bits per heavy atom.